The monoisotopic (exact) mass is 320 g/mol. The van der Waals surface area contributed by atoms with Crippen molar-refractivity contribution in [3.63, 3.8) is 0 Å². The van der Waals surface area contributed by atoms with E-state index >= 15 is 0 Å². The molecule has 126 valence electrons. The highest BCUT2D eigenvalue weighted by Crippen LogP contribution is 2.29. The van der Waals surface area contributed by atoms with Gasteiger partial charge in [-0.15, -0.1) is 0 Å². The zero-order chi connectivity index (χ0) is 17.0. The van der Waals surface area contributed by atoms with Crippen LogP contribution in [0.15, 0.2) is 18.2 Å². The van der Waals surface area contributed by atoms with Crippen LogP contribution in [0.3, 0.4) is 0 Å². The average molecular weight is 320 g/mol. The van der Waals surface area contributed by atoms with Crippen molar-refractivity contribution in [2.24, 2.45) is 5.92 Å². The van der Waals surface area contributed by atoms with Gasteiger partial charge in [-0.2, -0.15) is 0 Å². The smallest absolute Gasteiger partial charge is 0.261 e. The Hall–Kier alpha value is -2.24. The number of piperazine rings is 1. The fourth-order valence-corrected chi connectivity index (χ4v) is 2.72. The van der Waals surface area contributed by atoms with Gasteiger partial charge in [0.05, 0.1) is 14.2 Å². The molecule has 0 aliphatic carbocycles. The van der Waals surface area contributed by atoms with Gasteiger partial charge in [-0.1, -0.05) is 19.9 Å². The number of hydrogen-bond acceptors (Lipinski definition) is 4. The maximum atomic E-state index is 12.8. The molecule has 6 heteroatoms. The first-order chi connectivity index (χ1) is 11.0. The van der Waals surface area contributed by atoms with E-state index in [9.17, 15) is 9.59 Å². The summed E-state index contributed by atoms with van der Waals surface area (Å²) in [5.41, 5.74) is 0.432. The van der Waals surface area contributed by atoms with E-state index in [4.69, 9.17) is 9.47 Å². The van der Waals surface area contributed by atoms with E-state index in [-0.39, 0.29) is 17.7 Å². The molecule has 0 bridgehead atoms. The van der Waals surface area contributed by atoms with Gasteiger partial charge in [0.15, 0.2) is 0 Å². The zero-order valence-corrected chi connectivity index (χ0v) is 14.2. The molecule has 0 radical (unpaired) electrons. The summed E-state index contributed by atoms with van der Waals surface area (Å²) in [5, 5.41) is 0. The largest absolute Gasteiger partial charge is 0.496 e. The average Bonchev–Trinajstić information content (AvgIpc) is 2.59. The lowest BCUT2D eigenvalue weighted by Crippen LogP contribution is -2.51. The molecule has 1 fully saturated rings. The van der Waals surface area contributed by atoms with Crippen molar-refractivity contribution in [1.82, 2.24) is 9.80 Å². The highest BCUT2D eigenvalue weighted by Gasteiger charge is 2.29. The van der Waals surface area contributed by atoms with Crippen molar-refractivity contribution < 1.29 is 19.1 Å². The molecule has 0 aromatic heterocycles. The van der Waals surface area contributed by atoms with E-state index in [0.717, 1.165) is 0 Å². The number of carbonyl (C=O) groups is 2. The summed E-state index contributed by atoms with van der Waals surface area (Å²) in [7, 11) is 3.07. The van der Waals surface area contributed by atoms with Gasteiger partial charge in [-0.3, -0.25) is 9.59 Å². The Morgan fingerprint density at radius 2 is 1.43 bits per heavy atom. The summed E-state index contributed by atoms with van der Waals surface area (Å²) < 4.78 is 10.6. The second kappa shape index (κ2) is 7.35. The van der Waals surface area contributed by atoms with Gasteiger partial charge < -0.3 is 19.3 Å². The van der Waals surface area contributed by atoms with Gasteiger partial charge in [0.25, 0.3) is 5.91 Å². The second-order valence-electron chi connectivity index (χ2n) is 5.81. The van der Waals surface area contributed by atoms with E-state index in [1.807, 2.05) is 18.7 Å². The highest BCUT2D eigenvalue weighted by molar-refractivity contribution is 6.00. The molecule has 0 saturated carbocycles. The number of methoxy groups -OCH3 is 2. The van der Waals surface area contributed by atoms with Crippen molar-refractivity contribution in [3.05, 3.63) is 23.8 Å². The molecule has 1 aliphatic heterocycles. The number of hydrogen-bond donors (Lipinski definition) is 0. The minimum Gasteiger partial charge on any atom is -0.496 e. The molecule has 6 nitrogen and oxygen atoms in total. The predicted molar refractivity (Wildman–Crippen MR) is 86.9 cm³/mol. The molecule has 1 aliphatic rings. The molecule has 1 aromatic rings. The summed E-state index contributed by atoms with van der Waals surface area (Å²) in [6.07, 6.45) is 0. The first-order valence-corrected chi connectivity index (χ1v) is 7.78. The molecular formula is C17H24N2O4. The number of rotatable bonds is 4. The number of carbonyl (C=O) groups excluding carboxylic acids is 2. The fraction of sp³-hybridized carbons (Fsp3) is 0.529. The Morgan fingerprint density at radius 1 is 0.957 bits per heavy atom. The van der Waals surface area contributed by atoms with Crippen LogP contribution in [0, 0.1) is 5.92 Å². The first kappa shape index (κ1) is 17.1. The van der Waals surface area contributed by atoms with Crippen LogP contribution in [-0.2, 0) is 4.79 Å². The van der Waals surface area contributed by atoms with Crippen LogP contribution in [0.5, 0.6) is 11.5 Å². The molecule has 1 heterocycles. The summed E-state index contributed by atoms with van der Waals surface area (Å²) in [4.78, 5) is 28.4. The van der Waals surface area contributed by atoms with Crippen molar-refractivity contribution in [2.45, 2.75) is 13.8 Å². The van der Waals surface area contributed by atoms with Gasteiger partial charge in [0, 0.05) is 32.1 Å². The maximum Gasteiger partial charge on any atom is 0.261 e. The van der Waals surface area contributed by atoms with Crippen molar-refractivity contribution >= 4 is 11.8 Å². The number of nitrogens with zero attached hydrogens (tertiary/aromatic N) is 2. The lowest BCUT2D eigenvalue weighted by Gasteiger charge is -2.36. The van der Waals surface area contributed by atoms with Crippen LogP contribution >= 0.6 is 0 Å². The predicted octanol–water partition coefficient (Wildman–Crippen LogP) is 1.64. The second-order valence-corrected chi connectivity index (χ2v) is 5.81. The zero-order valence-electron chi connectivity index (χ0n) is 14.2. The first-order valence-electron chi connectivity index (χ1n) is 7.78. The Balaban J connectivity index is 2.13. The molecule has 0 N–H and O–H groups in total. The van der Waals surface area contributed by atoms with Gasteiger partial charge in [-0.05, 0) is 12.1 Å². The third-order valence-electron chi connectivity index (χ3n) is 4.01. The van der Waals surface area contributed by atoms with Gasteiger partial charge in [0.2, 0.25) is 5.91 Å². The van der Waals surface area contributed by atoms with Gasteiger partial charge in [-0.25, -0.2) is 0 Å². The van der Waals surface area contributed by atoms with Crippen LogP contribution < -0.4 is 9.47 Å². The number of ether oxygens (including phenoxy) is 2. The van der Waals surface area contributed by atoms with Crippen molar-refractivity contribution in [3.8, 4) is 11.5 Å². The third-order valence-corrected chi connectivity index (χ3v) is 4.01. The standard InChI is InChI=1S/C17H24N2O4/c1-12(2)16(20)18-8-10-19(11-9-18)17(21)15-13(22-3)6-5-7-14(15)23-4/h5-7,12H,8-11H2,1-4H3. The molecule has 0 unspecified atom stereocenters. The molecule has 1 saturated heterocycles. The van der Waals surface area contributed by atoms with E-state index < -0.39 is 0 Å². The summed E-state index contributed by atoms with van der Waals surface area (Å²) in [6.45, 7) is 5.91. The van der Waals surface area contributed by atoms with Gasteiger partial charge >= 0.3 is 0 Å². The van der Waals surface area contributed by atoms with Crippen molar-refractivity contribution in [1.29, 1.82) is 0 Å². The number of benzene rings is 1. The molecule has 2 amide bonds. The van der Waals surface area contributed by atoms with Crippen LogP contribution in [0.4, 0.5) is 0 Å². The molecule has 2 rings (SSSR count). The molecule has 0 atom stereocenters. The Kier molecular flexibility index (Phi) is 5.47. The van der Waals surface area contributed by atoms with Crippen LogP contribution in [0.25, 0.3) is 0 Å². The van der Waals surface area contributed by atoms with Crippen LogP contribution in [0.2, 0.25) is 0 Å². The van der Waals surface area contributed by atoms with Crippen LogP contribution in [0.1, 0.15) is 24.2 Å². The Bertz CT molecular complexity index is 556. The van der Waals surface area contributed by atoms with Gasteiger partial charge in [0.1, 0.15) is 17.1 Å². The van der Waals surface area contributed by atoms with Crippen molar-refractivity contribution in [2.75, 3.05) is 40.4 Å². The van der Waals surface area contributed by atoms with Crippen LogP contribution in [-0.4, -0.2) is 62.0 Å². The summed E-state index contributed by atoms with van der Waals surface area (Å²) >= 11 is 0. The minimum absolute atomic E-state index is 0.0217. The molecular weight excluding hydrogens is 296 g/mol. The third kappa shape index (κ3) is 3.57. The lowest BCUT2D eigenvalue weighted by atomic mass is 10.1. The SMILES string of the molecule is COc1cccc(OC)c1C(=O)N1CCN(C(=O)C(C)C)CC1. The van der Waals surface area contributed by atoms with E-state index in [1.165, 1.54) is 14.2 Å². The molecule has 1 aromatic carbocycles. The minimum atomic E-state index is -0.129. The quantitative estimate of drug-likeness (QED) is 0.846. The number of amides is 2. The molecule has 23 heavy (non-hydrogen) atoms. The topological polar surface area (TPSA) is 59.1 Å². The summed E-state index contributed by atoms with van der Waals surface area (Å²) in [6, 6.07) is 5.27. The van der Waals surface area contributed by atoms with E-state index in [1.54, 1.807) is 23.1 Å². The summed E-state index contributed by atoms with van der Waals surface area (Å²) in [5.74, 6) is 0.972. The van der Waals surface area contributed by atoms with E-state index in [0.29, 0.717) is 43.2 Å². The molecule has 0 spiro atoms. The normalized spacial score (nSPS) is 14.8. The van der Waals surface area contributed by atoms with E-state index in [2.05, 4.69) is 0 Å². The lowest BCUT2D eigenvalue weighted by molar-refractivity contribution is -0.135. The fourth-order valence-electron chi connectivity index (χ4n) is 2.72. The maximum absolute atomic E-state index is 12.8. The Labute approximate surface area is 137 Å². The Morgan fingerprint density at radius 3 is 1.87 bits per heavy atom. The highest BCUT2D eigenvalue weighted by atomic mass is 16.5.